The smallest absolute Gasteiger partial charge is 0.246 e. The molecule has 0 aromatic carbocycles. The van der Waals surface area contributed by atoms with Gasteiger partial charge in [-0.25, -0.2) is 5.06 Å². The third kappa shape index (κ3) is 3.66. The lowest BCUT2D eigenvalue weighted by molar-refractivity contribution is -0.177. The first-order valence-corrected chi connectivity index (χ1v) is 5.63. The Kier molecular flexibility index (Phi) is 4.94. The highest BCUT2D eigenvalue weighted by atomic mass is 16.7. The summed E-state index contributed by atoms with van der Waals surface area (Å²) in [6.07, 6.45) is 7.01. The maximum absolute atomic E-state index is 11.6. The molecule has 1 amide bonds. The van der Waals surface area contributed by atoms with Crippen molar-refractivity contribution in [1.82, 2.24) is 5.06 Å². The van der Waals surface area contributed by atoms with E-state index in [9.17, 15) is 4.79 Å². The molecule has 0 aromatic rings. The molecular weight excluding hydrogens is 178 g/mol. The Morgan fingerprint density at radius 2 is 2.00 bits per heavy atom. The van der Waals surface area contributed by atoms with Crippen LogP contribution in [-0.2, 0) is 9.63 Å². The van der Waals surface area contributed by atoms with E-state index in [-0.39, 0.29) is 5.91 Å². The molecule has 3 heteroatoms. The number of amides is 1. The topological polar surface area (TPSA) is 29.5 Å². The first-order valence-electron chi connectivity index (χ1n) is 5.63. The first kappa shape index (κ1) is 11.5. The monoisotopic (exact) mass is 199 g/mol. The van der Waals surface area contributed by atoms with Crippen molar-refractivity contribution in [2.75, 3.05) is 13.7 Å². The van der Waals surface area contributed by atoms with Crippen molar-refractivity contribution < 1.29 is 9.63 Å². The second kappa shape index (κ2) is 6.02. The number of carbonyl (C=O) groups excluding carboxylic acids is 1. The van der Waals surface area contributed by atoms with E-state index in [4.69, 9.17) is 4.84 Å². The summed E-state index contributed by atoms with van der Waals surface area (Å²) in [5.41, 5.74) is 0. The maximum atomic E-state index is 11.6. The molecule has 14 heavy (non-hydrogen) atoms. The Labute approximate surface area is 86.4 Å². The average molecular weight is 199 g/mol. The van der Waals surface area contributed by atoms with Gasteiger partial charge in [0.15, 0.2) is 0 Å². The number of hydroxylamine groups is 2. The molecule has 1 rings (SSSR count). The molecule has 1 aliphatic carbocycles. The standard InChI is InChI=1S/C11H21NO2/c1-3-14-12(2)11(13)9-10-7-5-4-6-8-10/h10H,3-9H2,1-2H3. The van der Waals surface area contributed by atoms with Gasteiger partial charge in [0.25, 0.3) is 0 Å². The van der Waals surface area contributed by atoms with E-state index in [2.05, 4.69) is 0 Å². The molecule has 0 N–H and O–H groups in total. The van der Waals surface area contributed by atoms with Crippen molar-refractivity contribution in [2.24, 2.45) is 5.92 Å². The van der Waals surface area contributed by atoms with Gasteiger partial charge in [-0.2, -0.15) is 0 Å². The van der Waals surface area contributed by atoms with Crippen LogP contribution < -0.4 is 0 Å². The van der Waals surface area contributed by atoms with E-state index in [1.807, 2.05) is 6.92 Å². The number of hydrogen-bond acceptors (Lipinski definition) is 2. The summed E-state index contributed by atoms with van der Waals surface area (Å²) in [5, 5.41) is 1.38. The summed E-state index contributed by atoms with van der Waals surface area (Å²) in [7, 11) is 1.70. The third-order valence-electron chi connectivity index (χ3n) is 2.86. The van der Waals surface area contributed by atoms with Gasteiger partial charge in [-0.05, 0) is 25.7 Å². The summed E-state index contributed by atoms with van der Waals surface area (Å²) in [6, 6.07) is 0. The van der Waals surface area contributed by atoms with Gasteiger partial charge in [-0.1, -0.05) is 19.3 Å². The van der Waals surface area contributed by atoms with E-state index in [0.717, 1.165) is 0 Å². The Balaban J connectivity index is 2.24. The Morgan fingerprint density at radius 3 is 2.57 bits per heavy atom. The van der Waals surface area contributed by atoms with E-state index >= 15 is 0 Å². The van der Waals surface area contributed by atoms with Crippen molar-refractivity contribution >= 4 is 5.91 Å². The first-order chi connectivity index (χ1) is 6.74. The molecule has 1 aliphatic rings. The maximum Gasteiger partial charge on any atom is 0.246 e. The fourth-order valence-electron chi connectivity index (χ4n) is 2.03. The molecule has 0 aromatic heterocycles. The van der Waals surface area contributed by atoms with Crippen molar-refractivity contribution in [3.63, 3.8) is 0 Å². The molecule has 0 heterocycles. The largest absolute Gasteiger partial charge is 0.273 e. The summed E-state index contributed by atoms with van der Waals surface area (Å²) in [4.78, 5) is 16.7. The number of rotatable bonds is 4. The van der Waals surface area contributed by atoms with Gasteiger partial charge in [0.1, 0.15) is 0 Å². The van der Waals surface area contributed by atoms with Crippen molar-refractivity contribution in [3.05, 3.63) is 0 Å². The highest BCUT2D eigenvalue weighted by Crippen LogP contribution is 2.26. The molecular formula is C11H21NO2. The van der Waals surface area contributed by atoms with Crippen molar-refractivity contribution in [2.45, 2.75) is 45.4 Å². The number of hydrogen-bond donors (Lipinski definition) is 0. The summed E-state index contributed by atoms with van der Waals surface area (Å²) in [6.45, 7) is 2.46. The van der Waals surface area contributed by atoms with Gasteiger partial charge in [-0.3, -0.25) is 9.63 Å². The van der Waals surface area contributed by atoms with E-state index in [1.165, 1.54) is 37.2 Å². The second-order valence-electron chi connectivity index (χ2n) is 4.02. The highest BCUT2D eigenvalue weighted by molar-refractivity contribution is 5.75. The van der Waals surface area contributed by atoms with E-state index in [0.29, 0.717) is 18.9 Å². The molecule has 0 unspecified atom stereocenters. The molecule has 1 fully saturated rings. The Hall–Kier alpha value is -0.570. The van der Waals surface area contributed by atoms with Crippen LogP contribution in [0.25, 0.3) is 0 Å². The minimum Gasteiger partial charge on any atom is -0.273 e. The van der Waals surface area contributed by atoms with Gasteiger partial charge < -0.3 is 0 Å². The van der Waals surface area contributed by atoms with Crippen molar-refractivity contribution in [1.29, 1.82) is 0 Å². The van der Waals surface area contributed by atoms with Crippen LogP contribution in [0.1, 0.15) is 45.4 Å². The SMILES string of the molecule is CCON(C)C(=O)CC1CCCCC1. The van der Waals surface area contributed by atoms with Gasteiger partial charge >= 0.3 is 0 Å². The lowest BCUT2D eigenvalue weighted by atomic mass is 9.87. The molecule has 3 nitrogen and oxygen atoms in total. The second-order valence-corrected chi connectivity index (χ2v) is 4.02. The van der Waals surface area contributed by atoms with Crippen LogP contribution in [0.2, 0.25) is 0 Å². The molecule has 0 bridgehead atoms. The normalized spacial score (nSPS) is 18.1. The number of carbonyl (C=O) groups is 1. The fraction of sp³-hybridized carbons (Fsp3) is 0.909. The average Bonchev–Trinajstić information content (AvgIpc) is 2.19. The van der Waals surface area contributed by atoms with Crippen molar-refractivity contribution in [3.8, 4) is 0 Å². The van der Waals surface area contributed by atoms with Crippen LogP contribution in [0, 0.1) is 5.92 Å². The van der Waals surface area contributed by atoms with Gasteiger partial charge in [0.2, 0.25) is 5.91 Å². The van der Waals surface area contributed by atoms with Crippen LogP contribution in [0.5, 0.6) is 0 Å². The Morgan fingerprint density at radius 1 is 1.36 bits per heavy atom. The summed E-state index contributed by atoms with van der Waals surface area (Å²) in [5.74, 6) is 0.720. The minimum atomic E-state index is 0.124. The summed E-state index contributed by atoms with van der Waals surface area (Å²) < 4.78 is 0. The molecule has 0 spiro atoms. The molecule has 0 aliphatic heterocycles. The Bertz CT molecular complexity index is 176. The minimum absolute atomic E-state index is 0.124. The predicted octanol–water partition coefficient (Wildman–Crippen LogP) is 2.37. The van der Waals surface area contributed by atoms with Gasteiger partial charge in [0, 0.05) is 13.5 Å². The fourth-order valence-corrected chi connectivity index (χ4v) is 2.03. The van der Waals surface area contributed by atoms with E-state index in [1.54, 1.807) is 7.05 Å². The zero-order chi connectivity index (χ0) is 10.4. The molecule has 0 atom stereocenters. The lowest BCUT2D eigenvalue weighted by Crippen LogP contribution is -2.29. The van der Waals surface area contributed by atoms with Crippen LogP contribution in [0.4, 0.5) is 0 Å². The van der Waals surface area contributed by atoms with Gasteiger partial charge in [-0.15, -0.1) is 0 Å². The molecule has 1 saturated carbocycles. The van der Waals surface area contributed by atoms with Crippen LogP contribution in [0.15, 0.2) is 0 Å². The van der Waals surface area contributed by atoms with Gasteiger partial charge in [0.05, 0.1) is 6.61 Å². The van der Waals surface area contributed by atoms with E-state index < -0.39 is 0 Å². The summed E-state index contributed by atoms with van der Waals surface area (Å²) >= 11 is 0. The molecule has 0 saturated heterocycles. The predicted molar refractivity (Wildman–Crippen MR) is 55.6 cm³/mol. The van der Waals surface area contributed by atoms with Crippen LogP contribution >= 0.6 is 0 Å². The van der Waals surface area contributed by atoms with Crippen LogP contribution in [-0.4, -0.2) is 24.6 Å². The highest BCUT2D eigenvalue weighted by Gasteiger charge is 2.19. The third-order valence-corrected chi connectivity index (χ3v) is 2.86. The zero-order valence-corrected chi connectivity index (χ0v) is 9.29. The molecule has 0 radical (unpaired) electrons. The van der Waals surface area contributed by atoms with Crippen LogP contribution in [0.3, 0.4) is 0 Å². The number of nitrogens with zero attached hydrogens (tertiary/aromatic N) is 1. The zero-order valence-electron chi connectivity index (χ0n) is 9.29. The molecule has 82 valence electrons. The quantitative estimate of drug-likeness (QED) is 0.650. The lowest BCUT2D eigenvalue weighted by Gasteiger charge is -2.23.